The average molecular weight is 442 g/mol. The monoisotopic (exact) mass is 441 g/mol. The number of hydrogen-bond donors (Lipinski definition) is 3. The zero-order chi connectivity index (χ0) is 21.3. The van der Waals surface area contributed by atoms with E-state index in [1.54, 1.807) is 0 Å². The molecule has 1 aromatic carbocycles. The summed E-state index contributed by atoms with van der Waals surface area (Å²) in [6.45, 7) is 2.18. The second kappa shape index (κ2) is 8.65. The molecule has 30 heavy (non-hydrogen) atoms. The van der Waals surface area contributed by atoms with E-state index in [9.17, 15) is 14.4 Å². The van der Waals surface area contributed by atoms with Crippen LogP contribution < -0.4 is 11.1 Å². The molecule has 2 amide bonds. The number of primary amides is 1. The number of para-hydroxylation sites is 1. The Hall–Kier alpha value is -2.58. The number of amides is 2. The summed E-state index contributed by atoms with van der Waals surface area (Å²) >= 11 is 2.41. The first-order valence-corrected chi connectivity index (χ1v) is 11.7. The molecule has 0 spiro atoms. The number of carbonyl (C=O) groups is 3. The molecule has 0 radical (unpaired) electrons. The third kappa shape index (κ3) is 4.29. The molecule has 1 atom stereocenters. The quantitative estimate of drug-likeness (QED) is 0.540. The molecule has 1 aliphatic rings. The van der Waals surface area contributed by atoms with E-state index in [-0.39, 0.29) is 23.2 Å². The highest BCUT2D eigenvalue weighted by atomic mass is 32.2. The second-order valence-electron chi connectivity index (χ2n) is 7.67. The summed E-state index contributed by atoms with van der Waals surface area (Å²) in [7, 11) is 0. The fraction of sp³-hybridized carbons (Fsp3) is 0.318. The van der Waals surface area contributed by atoms with E-state index in [4.69, 9.17) is 5.73 Å². The van der Waals surface area contributed by atoms with E-state index in [0.717, 1.165) is 57.9 Å². The van der Waals surface area contributed by atoms with Crippen LogP contribution in [0.15, 0.2) is 30.5 Å². The van der Waals surface area contributed by atoms with E-state index in [1.165, 1.54) is 11.3 Å². The third-order valence-electron chi connectivity index (χ3n) is 5.38. The highest BCUT2D eigenvalue weighted by Crippen LogP contribution is 2.39. The normalized spacial score (nSPS) is 15.7. The lowest BCUT2D eigenvalue weighted by Crippen LogP contribution is -2.20. The van der Waals surface area contributed by atoms with Crippen molar-refractivity contribution in [2.24, 2.45) is 11.7 Å². The van der Waals surface area contributed by atoms with Crippen molar-refractivity contribution in [1.29, 1.82) is 0 Å². The Morgan fingerprint density at radius 3 is 2.90 bits per heavy atom. The lowest BCUT2D eigenvalue weighted by Gasteiger charge is -2.18. The SMILES string of the molecule is CC1CCc2c(sc(NC(=O)CSC(=O)Cc3c[nH]c4ccccc34)c2C(N)=O)C1. The Balaban J connectivity index is 1.38. The Morgan fingerprint density at radius 1 is 1.30 bits per heavy atom. The van der Waals surface area contributed by atoms with Crippen molar-refractivity contribution in [2.45, 2.75) is 32.6 Å². The summed E-state index contributed by atoms with van der Waals surface area (Å²) in [6, 6.07) is 7.80. The van der Waals surface area contributed by atoms with E-state index in [0.29, 0.717) is 16.5 Å². The summed E-state index contributed by atoms with van der Waals surface area (Å²) in [5.74, 6) is -0.266. The number of fused-ring (bicyclic) bond motifs is 2. The van der Waals surface area contributed by atoms with Crippen molar-refractivity contribution in [3.63, 3.8) is 0 Å². The van der Waals surface area contributed by atoms with Crippen molar-refractivity contribution >= 4 is 55.9 Å². The summed E-state index contributed by atoms with van der Waals surface area (Å²) in [6.07, 6.45) is 4.79. The largest absolute Gasteiger partial charge is 0.365 e. The van der Waals surface area contributed by atoms with Gasteiger partial charge in [0.05, 0.1) is 11.3 Å². The third-order valence-corrected chi connectivity index (χ3v) is 7.43. The van der Waals surface area contributed by atoms with Crippen molar-refractivity contribution in [2.75, 3.05) is 11.1 Å². The fourth-order valence-corrected chi connectivity index (χ4v) is 5.95. The van der Waals surface area contributed by atoms with Gasteiger partial charge < -0.3 is 16.0 Å². The van der Waals surface area contributed by atoms with Gasteiger partial charge in [0.1, 0.15) is 5.00 Å². The summed E-state index contributed by atoms with van der Waals surface area (Å²) in [5.41, 5.74) is 8.90. The molecule has 3 aromatic rings. The maximum atomic E-state index is 12.4. The predicted octanol–water partition coefficient (Wildman–Crippen LogP) is 3.89. The standard InChI is InChI=1S/C22H23N3O3S2/c1-12-6-7-15-17(8-12)30-22(20(15)21(23)28)25-18(26)11-29-19(27)9-13-10-24-16-5-3-2-4-14(13)16/h2-5,10,12,24H,6-9,11H2,1H3,(H2,23,28)(H,25,26). The molecule has 4 rings (SSSR count). The lowest BCUT2D eigenvalue weighted by molar-refractivity contribution is -0.114. The van der Waals surface area contributed by atoms with Gasteiger partial charge in [0.25, 0.3) is 5.91 Å². The van der Waals surface area contributed by atoms with Crippen molar-refractivity contribution in [3.05, 3.63) is 52.0 Å². The Kier molecular flexibility index (Phi) is 5.97. The molecule has 2 heterocycles. The lowest BCUT2D eigenvalue weighted by atomic mass is 9.88. The molecule has 156 valence electrons. The first-order chi connectivity index (χ1) is 14.4. The first-order valence-electron chi connectivity index (χ1n) is 9.87. The first kappa shape index (κ1) is 20.7. The Bertz CT molecular complexity index is 1130. The minimum absolute atomic E-state index is 0.00163. The van der Waals surface area contributed by atoms with Gasteiger partial charge in [-0.3, -0.25) is 14.4 Å². The molecule has 1 aliphatic carbocycles. The highest BCUT2D eigenvalue weighted by molar-refractivity contribution is 8.14. The maximum absolute atomic E-state index is 12.4. The second-order valence-corrected chi connectivity index (χ2v) is 9.80. The molecule has 1 unspecified atom stereocenters. The fourth-order valence-electron chi connectivity index (χ4n) is 3.89. The van der Waals surface area contributed by atoms with Crippen LogP contribution in [0, 0.1) is 5.92 Å². The van der Waals surface area contributed by atoms with Gasteiger partial charge >= 0.3 is 0 Å². The van der Waals surface area contributed by atoms with Gasteiger partial charge in [-0.2, -0.15) is 0 Å². The molecule has 6 nitrogen and oxygen atoms in total. The van der Waals surface area contributed by atoms with E-state index in [2.05, 4.69) is 17.2 Å². The van der Waals surface area contributed by atoms with Crippen LogP contribution in [0.1, 0.15) is 39.7 Å². The number of aromatic amines is 1. The van der Waals surface area contributed by atoms with E-state index < -0.39 is 5.91 Å². The maximum Gasteiger partial charge on any atom is 0.251 e. The summed E-state index contributed by atoms with van der Waals surface area (Å²) in [5, 5.41) is 4.25. The minimum Gasteiger partial charge on any atom is -0.365 e. The van der Waals surface area contributed by atoms with Gasteiger partial charge in [0.15, 0.2) is 5.12 Å². The van der Waals surface area contributed by atoms with Gasteiger partial charge in [-0.05, 0) is 42.4 Å². The number of aromatic nitrogens is 1. The highest BCUT2D eigenvalue weighted by Gasteiger charge is 2.27. The number of thioether (sulfide) groups is 1. The number of hydrogen-bond acceptors (Lipinski definition) is 5. The topological polar surface area (TPSA) is 105 Å². The van der Waals surface area contributed by atoms with Crippen LogP contribution in [0.4, 0.5) is 5.00 Å². The number of benzene rings is 1. The van der Waals surface area contributed by atoms with Gasteiger partial charge in [0.2, 0.25) is 5.91 Å². The van der Waals surface area contributed by atoms with Crippen LogP contribution in [0.3, 0.4) is 0 Å². The summed E-state index contributed by atoms with van der Waals surface area (Å²) < 4.78 is 0. The molecule has 2 aromatic heterocycles. The number of thiophene rings is 1. The number of rotatable bonds is 6. The number of carbonyl (C=O) groups excluding carboxylic acids is 3. The molecular weight excluding hydrogens is 418 g/mol. The van der Waals surface area contributed by atoms with Crippen molar-refractivity contribution < 1.29 is 14.4 Å². The van der Waals surface area contributed by atoms with Crippen molar-refractivity contribution in [3.8, 4) is 0 Å². The average Bonchev–Trinajstić information content (AvgIpc) is 3.27. The molecule has 0 fully saturated rings. The predicted molar refractivity (Wildman–Crippen MR) is 122 cm³/mol. The molecule has 0 saturated heterocycles. The molecule has 0 aliphatic heterocycles. The van der Waals surface area contributed by atoms with E-state index in [1.807, 2.05) is 30.5 Å². The zero-order valence-electron chi connectivity index (χ0n) is 16.6. The smallest absolute Gasteiger partial charge is 0.251 e. The van der Waals surface area contributed by atoms with Crippen LogP contribution in [0.5, 0.6) is 0 Å². The number of nitrogens with two attached hydrogens (primary N) is 1. The van der Waals surface area contributed by atoms with Crippen LogP contribution in [-0.4, -0.2) is 27.7 Å². The van der Waals surface area contributed by atoms with Gasteiger partial charge in [-0.25, -0.2) is 0 Å². The number of H-pyrrole nitrogens is 1. The van der Waals surface area contributed by atoms with E-state index >= 15 is 0 Å². The van der Waals surface area contributed by atoms with Gasteiger partial charge in [-0.15, -0.1) is 11.3 Å². The number of nitrogens with one attached hydrogen (secondary N) is 2. The Morgan fingerprint density at radius 2 is 2.10 bits per heavy atom. The van der Waals surface area contributed by atoms with Crippen LogP contribution >= 0.6 is 23.1 Å². The molecule has 4 N–H and O–H groups in total. The Labute approximate surface area is 182 Å². The van der Waals surface area contributed by atoms with Gasteiger partial charge in [-0.1, -0.05) is 36.9 Å². The van der Waals surface area contributed by atoms with Crippen LogP contribution in [-0.2, 0) is 28.9 Å². The molecule has 0 bridgehead atoms. The molecular formula is C22H23N3O3S2. The van der Waals surface area contributed by atoms with Crippen LogP contribution in [0.2, 0.25) is 0 Å². The van der Waals surface area contributed by atoms with Crippen molar-refractivity contribution in [1.82, 2.24) is 4.98 Å². The summed E-state index contributed by atoms with van der Waals surface area (Å²) in [4.78, 5) is 41.1. The minimum atomic E-state index is -0.514. The van der Waals surface area contributed by atoms with Crippen LogP contribution in [0.25, 0.3) is 10.9 Å². The molecule has 0 saturated carbocycles. The number of anilines is 1. The molecule has 8 heteroatoms. The zero-order valence-corrected chi connectivity index (χ0v) is 18.3. The van der Waals surface area contributed by atoms with Gasteiger partial charge in [0, 0.05) is 28.4 Å².